The lowest BCUT2D eigenvalue weighted by molar-refractivity contribution is 1.27. The molecule has 2 aromatic heterocycles. The molecule has 2 aromatic rings. The number of aliphatic imine (C=N–C) groups is 1. The largest absolute Gasteiger partial charge is 0.339 e. The van der Waals surface area contributed by atoms with Gasteiger partial charge >= 0.3 is 0 Å². The highest BCUT2D eigenvalue weighted by Gasteiger charge is 2.09. The number of nitrogens with zero attached hydrogens (tertiary/aromatic N) is 2. The van der Waals surface area contributed by atoms with Crippen molar-refractivity contribution < 1.29 is 0 Å². The Morgan fingerprint density at radius 1 is 1.37 bits per heavy atom. The fraction of sp³-hybridized carbons (Fsp3) is 0.125. The molecule has 0 fully saturated rings. The summed E-state index contributed by atoms with van der Waals surface area (Å²) in [5.41, 5.74) is 4.83. The molecule has 3 nitrogen and oxygen atoms in total. The molecule has 2 rings (SSSR count). The first kappa shape index (κ1) is 13.0. The average molecular weight is 251 g/mol. The van der Waals surface area contributed by atoms with Crippen molar-refractivity contribution in [2.45, 2.75) is 6.92 Å². The Hall–Kier alpha value is -2.42. The van der Waals surface area contributed by atoms with Crippen LogP contribution in [-0.4, -0.2) is 23.2 Å². The Bertz CT molecular complexity index is 687. The van der Waals surface area contributed by atoms with Crippen LogP contribution in [0.4, 0.5) is 0 Å². The fourth-order valence-electron chi connectivity index (χ4n) is 2.02. The summed E-state index contributed by atoms with van der Waals surface area (Å²) < 4.78 is 0. The predicted octanol–water partition coefficient (Wildman–Crippen LogP) is 3.84. The van der Waals surface area contributed by atoms with Crippen LogP contribution >= 0.6 is 0 Å². The quantitative estimate of drug-likeness (QED) is 0.651. The van der Waals surface area contributed by atoms with Crippen LogP contribution in [-0.2, 0) is 0 Å². The summed E-state index contributed by atoms with van der Waals surface area (Å²) in [5.74, 6) is 0. The van der Waals surface area contributed by atoms with Gasteiger partial charge in [-0.3, -0.25) is 4.99 Å². The maximum absolute atomic E-state index is 4.62. The van der Waals surface area contributed by atoms with Gasteiger partial charge < -0.3 is 4.98 Å². The molecule has 2 heterocycles. The summed E-state index contributed by atoms with van der Waals surface area (Å²) in [6.07, 6.45) is 7.31. The minimum atomic E-state index is 0.846. The Kier molecular flexibility index (Phi) is 3.76. The average Bonchev–Trinajstić information content (AvgIpc) is 2.77. The van der Waals surface area contributed by atoms with E-state index in [4.69, 9.17) is 0 Å². The lowest BCUT2D eigenvalue weighted by Gasteiger charge is -2.00. The molecule has 3 heteroatoms. The van der Waals surface area contributed by atoms with E-state index in [1.807, 2.05) is 25.3 Å². The lowest BCUT2D eigenvalue weighted by Crippen LogP contribution is -1.87. The fourth-order valence-corrected chi connectivity index (χ4v) is 2.02. The topological polar surface area (TPSA) is 41.0 Å². The molecule has 0 aliphatic carbocycles. The minimum Gasteiger partial charge on any atom is -0.339 e. The second kappa shape index (κ2) is 5.48. The van der Waals surface area contributed by atoms with Gasteiger partial charge in [-0.1, -0.05) is 25.3 Å². The second-order valence-corrected chi connectivity index (χ2v) is 4.22. The smallest absolute Gasteiger partial charge is 0.139 e. The molecule has 0 amide bonds. The van der Waals surface area contributed by atoms with E-state index in [1.165, 1.54) is 0 Å². The van der Waals surface area contributed by atoms with Crippen LogP contribution in [0.1, 0.15) is 23.9 Å². The number of aromatic nitrogens is 2. The number of hydrogen-bond donors (Lipinski definition) is 1. The van der Waals surface area contributed by atoms with Crippen molar-refractivity contribution in [2.75, 3.05) is 7.05 Å². The monoisotopic (exact) mass is 251 g/mol. The zero-order valence-electron chi connectivity index (χ0n) is 11.3. The molecule has 0 saturated carbocycles. The molecule has 1 N–H and O–H groups in total. The van der Waals surface area contributed by atoms with Crippen molar-refractivity contribution in [1.82, 2.24) is 9.97 Å². The molecule has 0 aliphatic heterocycles. The van der Waals surface area contributed by atoms with Gasteiger partial charge in [0.15, 0.2) is 0 Å². The molecule has 0 saturated heterocycles. The van der Waals surface area contributed by atoms with E-state index in [0.717, 1.165) is 33.6 Å². The summed E-state index contributed by atoms with van der Waals surface area (Å²) in [7, 11) is 1.75. The number of rotatable bonds is 4. The van der Waals surface area contributed by atoms with Gasteiger partial charge in [-0.05, 0) is 30.7 Å². The number of pyridine rings is 1. The normalized spacial score (nSPS) is 12.2. The molecular formula is C16H17N3. The van der Waals surface area contributed by atoms with Crippen LogP contribution < -0.4 is 0 Å². The SMILES string of the molecule is C=C/C=C(\C)c1ccc2c(C=NC)c(C=C)[nH]c2n1. The minimum absolute atomic E-state index is 0.846. The van der Waals surface area contributed by atoms with Gasteiger partial charge in [-0.25, -0.2) is 4.98 Å². The van der Waals surface area contributed by atoms with Crippen molar-refractivity contribution in [3.05, 3.63) is 54.4 Å². The van der Waals surface area contributed by atoms with Crippen LogP contribution in [0.3, 0.4) is 0 Å². The Morgan fingerprint density at radius 3 is 2.79 bits per heavy atom. The first-order valence-corrected chi connectivity index (χ1v) is 6.08. The molecule has 0 unspecified atom stereocenters. The van der Waals surface area contributed by atoms with Crippen molar-refractivity contribution in [3.8, 4) is 0 Å². The number of aromatic amines is 1. The summed E-state index contributed by atoms with van der Waals surface area (Å²) >= 11 is 0. The van der Waals surface area contributed by atoms with Gasteiger partial charge in [0.1, 0.15) is 5.65 Å². The second-order valence-electron chi connectivity index (χ2n) is 4.22. The van der Waals surface area contributed by atoms with Gasteiger partial charge in [0.2, 0.25) is 0 Å². The van der Waals surface area contributed by atoms with Crippen LogP contribution in [0.15, 0.2) is 42.4 Å². The van der Waals surface area contributed by atoms with Crippen molar-refractivity contribution in [2.24, 2.45) is 4.99 Å². The molecule has 0 aliphatic rings. The highest BCUT2D eigenvalue weighted by atomic mass is 14.9. The molecule has 0 aromatic carbocycles. The zero-order chi connectivity index (χ0) is 13.8. The van der Waals surface area contributed by atoms with E-state index in [0.29, 0.717) is 0 Å². The predicted molar refractivity (Wildman–Crippen MR) is 83.6 cm³/mol. The maximum Gasteiger partial charge on any atom is 0.139 e. The van der Waals surface area contributed by atoms with E-state index >= 15 is 0 Å². The third kappa shape index (κ3) is 2.40. The van der Waals surface area contributed by atoms with E-state index in [9.17, 15) is 0 Å². The number of H-pyrrole nitrogens is 1. The summed E-state index contributed by atoms with van der Waals surface area (Å²) in [6, 6.07) is 4.06. The molecule has 0 spiro atoms. The molecular weight excluding hydrogens is 234 g/mol. The van der Waals surface area contributed by atoms with Crippen LogP contribution in [0, 0.1) is 0 Å². The Labute approximate surface area is 113 Å². The summed E-state index contributed by atoms with van der Waals surface area (Å²) in [6.45, 7) is 9.53. The van der Waals surface area contributed by atoms with Crippen LogP contribution in [0.25, 0.3) is 22.7 Å². The van der Waals surface area contributed by atoms with Gasteiger partial charge in [0, 0.05) is 29.9 Å². The standard InChI is InChI=1S/C16H17N3/c1-5-7-11(3)15-9-8-12-13(10-17-4)14(6-2)18-16(12)19-15/h5-10H,1-2H2,3-4H3,(H,18,19)/b11-7+,17-10?. The molecule has 0 radical (unpaired) electrons. The van der Waals surface area contributed by atoms with Crippen molar-refractivity contribution >= 4 is 28.9 Å². The van der Waals surface area contributed by atoms with Crippen LogP contribution in [0.5, 0.6) is 0 Å². The lowest BCUT2D eigenvalue weighted by atomic mass is 10.1. The first-order valence-electron chi connectivity index (χ1n) is 6.08. The Balaban J connectivity index is 2.65. The van der Waals surface area contributed by atoms with Crippen LogP contribution in [0.2, 0.25) is 0 Å². The number of nitrogens with one attached hydrogen (secondary N) is 1. The van der Waals surface area contributed by atoms with E-state index in [1.54, 1.807) is 19.2 Å². The summed E-state index contributed by atoms with van der Waals surface area (Å²) in [5, 5.41) is 1.05. The van der Waals surface area contributed by atoms with Crippen molar-refractivity contribution in [3.63, 3.8) is 0 Å². The highest BCUT2D eigenvalue weighted by molar-refractivity contribution is 6.01. The molecule has 0 atom stereocenters. The van der Waals surface area contributed by atoms with E-state index in [2.05, 4.69) is 34.2 Å². The van der Waals surface area contributed by atoms with Crippen molar-refractivity contribution in [1.29, 1.82) is 0 Å². The first-order chi connectivity index (χ1) is 9.21. The third-order valence-electron chi connectivity index (χ3n) is 2.96. The van der Waals surface area contributed by atoms with Gasteiger partial charge in [0.05, 0.1) is 5.69 Å². The number of fused-ring (bicyclic) bond motifs is 1. The number of allylic oxidation sites excluding steroid dienone is 3. The van der Waals surface area contributed by atoms with Gasteiger partial charge in [-0.15, -0.1) is 0 Å². The number of hydrogen-bond acceptors (Lipinski definition) is 2. The molecule has 0 bridgehead atoms. The van der Waals surface area contributed by atoms with E-state index < -0.39 is 0 Å². The highest BCUT2D eigenvalue weighted by Crippen LogP contribution is 2.23. The zero-order valence-corrected chi connectivity index (χ0v) is 11.3. The van der Waals surface area contributed by atoms with E-state index in [-0.39, 0.29) is 0 Å². The van der Waals surface area contributed by atoms with Gasteiger partial charge in [-0.2, -0.15) is 0 Å². The maximum atomic E-state index is 4.62. The Morgan fingerprint density at radius 2 is 2.16 bits per heavy atom. The molecule has 96 valence electrons. The molecule has 19 heavy (non-hydrogen) atoms. The summed E-state index contributed by atoms with van der Waals surface area (Å²) in [4.78, 5) is 12.0. The van der Waals surface area contributed by atoms with Gasteiger partial charge in [0.25, 0.3) is 0 Å². The third-order valence-corrected chi connectivity index (χ3v) is 2.96.